The van der Waals surface area contributed by atoms with Gasteiger partial charge in [0, 0.05) is 32.7 Å². The maximum Gasteiger partial charge on any atom is 0.143 e. The van der Waals surface area contributed by atoms with Gasteiger partial charge in [0.1, 0.15) is 22.3 Å². The van der Waals surface area contributed by atoms with Gasteiger partial charge in [0.15, 0.2) is 0 Å². The van der Waals surface area contributed by atoms with Crippen molar-refractivity contribution in [1.29, 1.82) is 0 Å². The number of hydrogen-bond donors (Lipinski definition) is 0. The highest BCUT2D eigenvalue weighted by Gasteiger charge is 2.21. The summed E-state index contributed by atoms with van der Waals surface area (Å²) < 4.78 is 31.2. The number of benzene rings is 18. The third kappa shape index (κ3) is 7.71. The second-order valence-corrected chi connectivity index (χ2v) is 23.9. The highest BCUT2D eigenvalue weighted by Crippen LogP contribution is 2.48. The zero-order valence-electron chi connectivity index (χ0n) is 50.7. The topological polar surface area (TPSA) is 26.3 Å². The number of fused-ring (bicyclic) bond motifs is 8. The minimum Gasteiger partial charge on any atom is -0.455 e. The van der Waals surface area contributed by atoms with Crippen LogP contribution in [0.5, 0.6) is 0 Å². The lowest BCUT2D eigenvalue weighted by molar-refractivity contribution is 0.669. The van der Waals surface area contributed by atoms with Gasteiger partial charge in [0.25, 0.3) is 0 Å². The van der Waals surface area contributed by atoms with Crippen LogP contribution in [-0.4, -0.2) is 0 Å². The minimum absolute atomic E-state index is 0.523. The average Bonchev–Trinajstić information content (AvgIpc) is 0.802. The summed E-state index contributed by atoms with van der Waals surface area (Å²) in [6.45, 7) is 0. The molecule has 416 valence electrons. The van der Waals surface area contributed by atoms with Gasteiger partial charge >= 0.3 is 0 Å². The molecule has 2 heterocycles. The molecule has 90 heavy (non-hydrogen) atoms. The summed E-state index contributed by atoms with van der Waals surface area (Å²) in [7, 11) is 0. The number of rotatable bonds is 6. The highest BCUT2D eigenvalue weighted by atomic mass is 16.3. The van der Waals surface area contributed by atoms with Crippen molar-refractivity contribution < 1.29 is 11.6 Å². The van der Waals surface area contributed by atoms with E-state index in [1.54, 1.807) is 0 Å². The molecule has 18 aromatic carbocycles. The number of hydrogen-bond acceptors (Lipinski definition) is 2. The molecule has 2 aromatic heterocycles. The monoisotopic (exact) mass is 1140 g/mol. The Morgan fingerprint density at radius 3 is 0.944 bits per heavy atom. The summed E-state index contributed by atoms with van der Waals surface area (Å²) in [6.07, 6.45) is 0. The first kappa shape index (κ1) is 48.3. The van der Waals surface area contributed by atoms with Gasteiger partial charge in [0.2, 0.25) is 0 Å². The fourth-order valence-electron chi connectivity index (χ4n) is 14.9. The summed E-state index contributed by atoms with van der Waals surface area (Å²) in [5.41, 5.74) is 17.3. The van der Waals surface area contributed by atoms with Crippen molar-refractivity contribution in [2.75, 3.05) is 0 Å². The van der Waals surface area contributed by atoms with Crippen molar-refractivity contribution in [3.63, 3.8) is 0 Å². The lowest BCUT2D eigenvalue weighted by Crippen LogP contribution is -1.90. The molecule has 2 nitrogen and oxygen atoms in total. The summed E-state index contributed by atoms with van der Waals surface area (Å²) in [5, 5.41) is 23.1. The van der Waals surface area contributed by atoms with E-state index in [1.165, 1.54) is 98.4 Å². The first-order valence-electron chi connectivity index (χ1n) is 31.9. The molecule has 0 atom stereocenters. The van der Waals surface area contributed by atoms with Crippen LogP contribution in [0.4, 0.5) is 0 Å². The van der Waals surface area contributed by atoms with Gasteiger partial charge in [-0.3, -0.25) is 0 Å². The van der Waals surface area contributed by atoms with Crippen LogP contribution in [-0.2, 0) is 0 Å². The van der Waals surface area contributed by atoms with Crippen molar-refractivity contribution in [2.24, 2.45) is 0 Å². The van der Waals surface area contributed by atoms with Gasteiger partial charge in [-0.05, 0) is 154 Å². The van der Waals surface area contributed by atoms with E-state index in [9.17, 15) is 0 Å². The van der Waals surface area contributed by atoms with Gasteiger partial charge in [-0.2, -0.15) is 0 Å². The maximum absolute atomic E-state index is 9.16. The quantitative estimate of drug-likeness (QED) is 0.155. The third-order valence-electron chi connectivity index (χ3n) is 19.1. The smallest absolute Gasteiger partial charge is 0.143 e. The van der Waals surface area contributed by atoms with Crippen LogP contribution in [0.3, 0.4) is 0 Å². The molecule has 0 amide bonds. The van der Waals surface area contributed by atoms with Crippen molar-refractivity contribution in [2.45, 2.75) is 0 Å². The maximum atomic E-state index is 9.16. The molecule has 0 bridgehead atoms. The Labute approximate surface area is 520 Å². The summed E-state index contributed by atoms with van der Waals surface area (Å²) in [6, 6.07) is 109. The molecule has 2 heteroatoms. The van der Waals surface area contributed by atoms with E-state index in [0.29, 0.717) is 12.1 Å². The van der Waals surface area contributed by atoms with Crippen molar-refractivity contribution in [3.05, 3.63) is 315 Å². The average molecular weight is 1140 g/mol. The van der Waals surface area contributed by atoms with Crippen LogP contribution in [0.1, 0.15) is 2.74 Å². The van der Waals surface area contributed by atoms with E-state index in [-0.39, 0.29) is 0 Å². The van der Waals surface area contributed by atoms with Gasteiger partial charge in [-0.25, -0.2) is 0 Å². The molecular formula is C88H52O2. The van der Waals surface area contributed by atoms with Crippen molar-refractivity contribution in [1.82, 2.24) is 0 Å². The van der Waals surface area contributed by atoms with Crippen molar-refractivity contribution in [3.8, 4) is 66.8 Å². The Bertz CT molecular complexity index is 6050. The molecule has 0 aliphatic rings. The lowest BCUT2D eigenvalue weighted by atomic mass is 9.86. The van der Waals surface area contributed by atoms with E-state index in [1.807, 2.05) is 36.4 Å². The molecule has 0 aliphatic carbocycles. The fraction of sp³-hybridized carbons (Fsp3) is 0. The van der Waals surface area contributed by atoms with E-state index < -0.39 is 0 Å². The predicted octanol–water partition coefficient (Wildman–Crippen LogP) is 25.3. The van der Waals surface area contributed by atoms with Crippen LogP contribution in [0.25, 0.3) is 197 Å². The minimum atomic E-state index is 0.523. The van der Waals surface area contributed by atoms with E-state index in [2.05, 4.69) is 267 Å². The zero-order valence-corrected chi connectivity index (χ0v) is 48.7. The highest BCUT2D eigenvalue weighted by molar-refractivity contribution is 6.30. The standard InChI is InChI=1S/2C44H26O/c1-2-9-32-27(7-1)8-5-11-33(32)28-15-17-29(18-16-28)34-23-19-30-22-26-38-35(24-20-31-21-25-37(34)42(30)43(31)38)39-12-6-13-40-36-10-3-4-14-41(36)45-44(39)40;1-2-9-32-27(7-1)8-5-11-33(32)28-15-17-29(18-16-28)34-23-21-30-19-20-31-22-24-35(38-26-25-37(34)42(30)43(31)38)39-12-6-13-40-36-10-3-4-14-41(36)45-44(39)40/h2*1-26H/i20D;22D. The summed E-state index contributed by atoms with van der Waals surface area (Å²) in [4.78, 5) is 0. The van der Waals surface area contributed by atoms with E-state index >= 15 is 0 Å². The van der Waals surface area contributed by atoms with Gasteiger partial charge < -0.3 is 8.83 Å². The third-order valence-corrected chi connectivity index (χ3v) is 19.1. The van der Waals surface area contributed by atoms with Crippen molar-refractivity contribution >= 4 is 130 Å². The Balaban J connectivity index is 0.000000132. The molecule has 0 saturated heterocycles. The van der Waals surface area contributed by atoms with E-state index in [0.717, 1.165) is 98.4 Å². The Morgan fingerprint density at radius 2 is 0.478 bits per heavy atom. The fourth-order valence-corrected chi connectivity index (χ4v) is 14.9. The molecule has 0 fully saturated rings. The molecule has 0 spiro atoms. The normalized spacial score (nSPS) is 12.3. The van der Waals surface area contributed by atoms with Crippen LogP contribution in [0.2, 0.25) is 0 Å². The molecule has 0 radical (unpaired) electrons. The predicted molar refractivity (Wildman–Crippen MR) is 382 cm³/mol. The Hall–Kier alpha value is -11.8. The Kier molecular flexibility index (Phi) is 10.7. The number of para-hydroxylation sites is 4. The van der Waals surface area contributed by atoms with Crippen LogP contribution in [0.15, 0.2) is 324 Å². The molecule has 20 rings (SSSR count). The SMILES string of the molecule is [2H]c1cc(-c2cccc3c2oc2ccccc23)c2ccc3c(-c4ccc(-c5cccc6ccccc56)cc4)ccc4ccc1c2c43.[2H]c1cc(-c2cccc3c2oc2ccccc23)c2ccc3ccc(-c4ccc(-c5cccc6ccccc56)cc4)c4ccc1c2c34. The summed E-state index contributed by atoms with van der Waals surface area (Å²) in [5.74, 6) is 0. The zero-order chi connectivity index (χ0) is 60.7. The molecule has 0 N–H and O–H groups in total. The Morgan fingerprint density at radius 1 is 0.178 bits per heavy atom. The molecule has 0 aliphatic heterocycles. The molecule has 20 aromatic rings. The first-order valence-corrected chi connectivity index (χ1v) is 30.9. The van der Waals surface area contributed by atoms with Crippen LogP contribution >= 0.6 is 0 Å². The second kappa shape index (κ2) is 19.8. The van der Waals surface area contributed by atoms with Crippen LogP contribution in [0, 0.1) is 0 Å². The van der Waals surface area contributed by atoms with Crippen LogP contribution < -0.4 is 0 Å². The number of furan rings is 2. The lowest BCUT2D eigenvalue weighted by Gasteiger charge is -2.17. The molecule has 0 unspecified atom stereocenters. The second-order valence-electron chi connectivity index (χ2n) is 23.9. The van der Waals surface area contributed by atoms with Gasteiger partial charge in [-0.1, -0.05) is 303 Å². The summed E-state index contributed by atoms with van der Waals surface area (Å²) >= 11 is 0. The largest absolute Gasteiger partial charge is 0.455 e. The molecular weight excluding hydrogens is 1090 g/mol. The molecule has 0 saturated carbocycles. The van der Waals surface area contributed by atoms with E-state index in [4.69, 9.17) is 11.6 Å². The van der Waals surface area contributed by atoms with Gasteiger partial charge in [-0.15, -0.1) is 0 Å². The first-order chi connectivity index (χ1) is 45.5. The van der Waals surface area contributed by atoms with Gasteiger partial charge in [0.05, 0.1) is 2.74 Å².